The van der Waals surface area contributed by atoms with E-state index in [1.807, 2.05) is 37.3 Å². The van der Waals surface area contributed by atoms with Gasteiger partial charge in [0.05, 0.1) is 6.54 Å². The number of guanidine groups is 1. The Balaban J connectivity index is 1.48. The molecule has 0 fully saturated rings. The topological polar surface area (TPSA) is 112 Å². The first kappa shape index (κ1) is 20.9. The van der Waals surface area contributed by atoms with Crippen LogP contribution < -0.4 is 16.0 Å². The molecule has 0 saturated carbocycles. The van der Waals surface area contributed by atoms with E-state index in [1.54, 1.807) is 18.4 Å². The van der Waals surface area contributed by atoms with E-state index in [-0.39, 0.29) is 11.7 Å². The summed E-state index contributed by atoms with van der Waals surface area (Å²) in [6.07, 6.45) is 1.60. The predicted octanol–water partition coefficient (Wildman–Crippen LogP) is 2.53. The molecule has 0 spiro atoms. The lowest BCUT2D eigenvalue weighted by molar-refractivity contribution is 0.0954. The van der Waals surface area contributed by atoms with Gasteiger partial charge in [-0.15, -0.1) is 0 Å². The molecule has 1 heterocycles. The van der Waals surface area contributed by atoms with Crippen LogP contribution in [0.1, 0.15) is 23.0 Å². The highest BCUT2D eigenvalue weighted by molar-refractivity contribution is 5.94. The van der Waals surface area contributed by atoms with E-state index in [0.717, 1.165) is 11.3 Å². The SMILES string of the molecule is CCNC(=NCc1coc(-c2ccccc2)n1)NCCNC(=O)c1ccc(O)cc1. The maximum Gasteiger partial charge on any atom is 0.251 e. The molecule has 0 unspecified atom stereocenters. The molecule has 3 rings (SSSR count). The van der Waals surface area contributed by atoms with E-state index in [0.29, 0.717) is 43.6 Å². The number of nitrogens with zero attached hydrogens (tertiary/aromatic N) is 2. The molecule has 8 heteroatoms. The van der Waals surface area contributed by atoms with Crippen LogP contribution in [0.15, 0.2) is 70.3 Å². The lowest BCUT2D eigenvalue weighted by atomic mass is 10.2. The minimum Gasteiger partial charge on any atom is -0.508 e. The van der Waals surface area contributed by atoms with E-state index < -0.39 is 0 Å². The number of carbonyl (C=O) groups excluding carboxylic acids is 1. The van der Waals surface area contributed by atoms with Crippen LogP contribution in [0.5, 0.6) is 5.75 Å². The fraction of sp³-hybridized carbons (Fsp3) is 0.227. The molecule has 1 amide bonds. The summed E-state index contributed by atoms with van der Waals surface area (Å²) < 4.78 is 5.53. The molecular formula is C22H25N5O3. The molecular weight excluding hydrogens is 382 g/mol. The number of nitrogens with one attached hydrogen (secondary N) is 3. The van der Waals surface area contributed by atoms with Gasteiger partial charge in [-0.2, -0.15) is 0 Å². The zero-order chi connectivity index (χ0) is 21.2. The fourth-order valence-electron chi connectivity index (χ4n) is 2.67. The van der Waals surface area contributed by atoms with E-state index >= 15 is 0 Å². The molecule has 30 heavy (non-hydrogen) atoms. The zero-order valence-electron chi connectivity index (χ0n) is 16.8. The fourth-order valence-corrected chi connectivity index (χ4v) is 2.67. The van der Waals surface area contributed by atoms with Gasteiger partial charge >= 0.3 is 0 Å². The molecule has 0 radical (unpaired) electrons. The largest absolute Gasteiger partial charge is 0.508 e. The summed E-state index contributed by atoms with van der Waals surface area (Å²) in [5.41, 5.74) is 2.14. The number of hydrogen-bond acceptors (Lipinski definition) is 5. The van der Waals surface area contributed by atoms with Crippen molar-refractivity contribution >= 4 is 11.9 Å². The second kappa shape index (κ2) is 10.7. The number of hydrogen-bond donors (Lipinski definition) is 4. The van der Waals surface area contributed by atoms with Crippen molar-refractivity contribution in [1.82, 2.24) is 20.9 Å². The standard InChI is InChI=1S/C22H25N5O3/c1-2-23-22(25-13-12-24-20(29)16-8-10-19(28)11-9-16)26-14-18-15-30-21(27-18)17-6-4-3-5-7-17/h3-11,15,28H,2,12-14H2,1H3,(H,24,29)(H2,23,25,26). The lowest BCUT2D eigenvalue weighted by Gasteiger charge is -2.11. The molecule has 1 aromatic heterocycles. The van der Waals surface area contributed by atoms with Gasteiger partial charge in [-0.1, -0.05) is 18.2 Å². The molecule has 0 aliphatic carbocycles. The summed E-state index contributed by atoms with van der Waals surface area (Å²) in [6, 6.07) is 15.8. The molecule has 8 nitrogen and oxygen atoms in total. The van der Waals surface area contributed by atoms with Crippen molar-refractivity contribution < 1.29 is 14.3 Å². The average molecular weight is 407 g/mol. The molecule has 3 aromatic rings. The van der Waals surface area contributed by atoms with Crippen molar-refractivity contribution in [2.75, 3.05) is 19.6 Å². The van der Waals surface area contributed by atoms with Gasteiger partial charge in [0.15, 0.2) is 5.96 Å². The number of oxazole rings is 1. The van der Waals surface area contributed by atoms with Crippen LogP contribution >= 0.6 is 0 Å². The van der Waals surface area contributed by atoms with Crippen LogP contribution in [-0.2, 0) is 6.54 Å². The van der Waals surface area contributed by atoms with Gasteiger partial charge in [0.2, 0.25) is 5.89 Å². The Kier molecular flexibility index (Phi) is 7.43. The zero-order valence-corrected chi connectivity index (χ0v) is 16.8. The number of phenols is 1. The Bertz CT molecular complexity index is 968. The van der Waals surface area contributed by atoms with Crippen molar-refractivity contribution in [2.24, 2.45) is 4.99 Å². The molecule has 0 saturated heterocycles. The molecule has 0 aliphatic rings. The predicted molar refractivity (Wildman–Crippen MR) is 115 cm³/mol. The molecule has 4 N–H and O–H groups in total. The van der Waals surface area contributed by atoms with Crippen LogP contribution in [0.4, 0.5) is 0 Å². The van der Waals surface area contributed by atoms with E-state index in [4.69, 9.17) is 4.42 Å². The van der Waals surface area contributed by atoms with Crippen LogP contribution in [0.25, 0.3) is 11.5 Å². The van der Waals surface area contributed by atoms with Crippen LogP contribution in [0.3, 0.4) is 0 Å². The molecule has 0 atom stereocenters. The van der Waals surface area contributed by atoms with Crippen molar-refractivity contribution in [3.8, 4) is 17.2 Å². The van der Waals surface area contributed by atoms with E-state index in [9.17, 15) is 9.90 Å². The van der Waals surface area contributed by atoms with Crippen LogP contribution in [0, 0.1) is 0 Å². The Morgan fingerprint density at radius 1 is 1.03 bits per heavy atom. The highest BCUT2D eigenvalue weighted by atomic mass is 16.3. The highest BCUT2D eigenvalue weighted by Gasteiger charge is 2.07. The second-order valence-corrected chi connectivity index (χ2v) is 6.43. The van der Waals surface area contributed by atoms with Crippen LogP contribution in [-0.4, -0.2) is 41.6 Å². The van der Waals surface area contributed by atoms with Gasteiger partial charge < -0.3 is 25.5 Å². The number of aromatic hydroxyl groups is 1. The van der Waals surface area contributed by atoms with Gasteiger partial charge in [-0.25, -0.2) is 9.98 Å². The van der Waals surface area contributed by atoms with Gasteiger partial charge in [0, 0.05) is 30.8 Å². The Labute approximate surface area is 175 Å². The quantitative estimate of drug-likeness (QED) is 0.259. The monoisotopic (exact) mass is 407 g/mol. The first-order valence-corrected chi connectivity index (χ1v) is 9.75. The minimum atomic E-state index is -0.199. The molecule has 0 bridgehead atoms. The summed E-state index contributed by atoms with van der Waals surface area (Å²) in [5.74, 6) is 1.12. The number of phenolic OH excluding ortho intramolecular Hbond substituents is 1. The van der Waals surface area contributed by atoms with Crippen molar-refractivity contribution in [2.45, 2.75) is 13.5 Å². The smallest absolute Gasteiger partial charge is 0.251 e. The number of aromatic nitrogens is 1. The van der Waals surface area contributed by atoms with Crippen molar-refractivity contribution in [3.05, 3.63) is 72.1 Å². The van der Waals surface area contributed by atoms with Gasteiger partial charge in [0.25, 0.3) is 5.91 Å². The van der Waals surface area contributed by atoms with Crippen LogP contribution in [0.2, 0.25) is 0 Å². The normalized spacial score (nSPS) is 11.2. The summed E-state index contributed by atoms with van der Waals surface area (Å²) >= 11 is 0. The third-order valence-electron chi connectivity index (χ3n) is 4.15. The first-order chi connectivity index (χ1) is 14.7. The van der Waals surface area contributed by atoms with Gasteiger partial charge in [-0.05, 0) is 43.3 Å². The third-order valence-corrected chi connectivity index (χ3v) is 4.15. The average Bonchev–Trinajstić information content (AvgIpc) is 3.25. The number of amides is 1. The minimum absolute atomic E-state index is 0.128. The number of benzene rings is 2. The van der Waals surface area contributed by atoms with E-state index in [1.165, 1.54) is 12.1 Å². The number of carbonyl (C=O) groups is 1. The molecule has 2 aromatic carbocycles. The number of aliphatic imine (C=N–C) groups is 1. The Morgan fingerprint density at radius 3 is 2.50 bits per heavy atom. The summed E-state index contributed by atoms with van der Waals surface area (Å²) in [5, 5.41) is 18.4. The van der Waals surface area contributed by atoms with Crippen molar-refractivity contribution in [3.63, 3.8) is 0 Å². The third kappa shape index (κ3) is 6.10. The number of rotatable bonds is 8. The molecule has 156 valence electrons. The van der Waals surface area contributed by atoms with Crippen molar-refractivity contribution in [1.29, 1.82) is 0 Å². The highest BCUT2D eigenvalue weighted by Crippen LogP contribution is 2.18. The lowest BCUT2D eigenvalue weighted by Crippen LogP contribution is -2.41. The Morgan fingerprint density at radius 2 is 1.77 bits per heavy atom. The molecule has 0 aliphatic heterocycles. The second-order valence-electron chi connectivity index (χ2n) is 6.43. The first-order valence-electron chi connectivity index (χ1n) is 9.75. The maximum absolute atomic E-state index is 12.1. The summed E-state index contributed by atoms with van der Waals surface area (Å²) in [4.78, 5) is 21.0. The van der Waals surface area contributed by atoms with E-state index in [2.05, 4.69) is 25.9 Å². The Hall–Kier alpha value is -3.81. The van der Waals surface area contributed by atoms with Gasteiger partial charge in [0.1, 0.15) is 17.7 Å². The summed E-state index contributed by atoms with van der Waals surface area (Å²) in [7, 11) is 0. The maximum atomic E-state index is 12.1. The van der Waals surface area contributed by atoms with Gasteiger partial charge in [-0.3, -0.25) is 4.79 Å². The summed E-state index contributed by atoms with van der Waals surface area (Å²) in [6.45, 7) is 3.98.